The Balaban J connectivity index is 0.00000208. The number of nitrogens with one attached hydrogen (secondary N) is 1. The van der Waals surface area contributed by atoms with Gasteiger partial charge in [0, 0.05) is 12.7 Å². The summed E-state index contributed by atoms with van der Waals surface area (Å²) in [5, 5.41) is 12.2. The minimum atomic E-state index is -0.150. The highest BCUT2D eigenvalue weighted by Gasteiger charge is 2.13. The Bertz CT molecular complexity index is 928. The van der Waals surface area contributed by atoms with Gasteiger partial charge < -0.3 is 15.6 Å². The highest BCUT2D eigenvalue weighted by Crippen LogP contribution is 2.23. The van der Waals surface area contributed by atoms with E-state index in [-0.39, 0.29) is 24.7 Å². The van der Waals surface area contributed by atoms with Gasteiger partial charge in [0.1, 0.15) is 6.07 Å². The summed E-state index contributed by atoms with van der Waals surface area (Å²) in [4.78, 5) is 16.4. The Labute approximate surface area is 145 Å². The number of carbonyl (C=O) groups is 1. The summed E-state index contributed by atoms with van der Waals surface area (Å²) in [5.74, 6) is 0.186. The Kier molecular flexibility index (Phi) is 5.07. The molecule has 1 heterocycles. The largest absolute Gasteiger partial charge is 0.369 e. The van der Waals surface area contributed by atoms with Gasteiger partial charge >= 0.3 is 0 Å². The molecule has 1 amide bonds. The van der Waals surface area contributed by atoms with Crippen LogP contribution in [0.15, 0.2) is 42.5 Å². The zero-order chi connectivity index (χ0) is 16.4. The number of aryl methyl sites for hydroxylation is 1. The van der Waals surface area contributed by atoms with Gasteiger partial charge in [-0.3, -0.25) is 4.79 Å². The van der Waals surface area contributed by atoms with E-state index in [9.17, 15) is 10.1 Å². The lowest BCUT2D eigenvalue weighted by molar-refractivity contribution is -0.115. The maximum Gasteiger partial charge on any atom is 0.228 e. The van der Waals surface area contributed by atoms with Gasteiger partial charge in [-0.2, -0.15) is 5.26 Å². The van der Waals surface area contributed by atoms with Crippen molar-refractivity contribution in [1.82, 2.24) is 9.55 Å². The number of aromatic nitrogens is 2. The van der Waals surface area contributed by atoms with Crippen LogP contribution in [-0.2, 0) is 18.3 Å². The first-order valence-corrected chi connectivity index (χ1v) is 7.08. The molecule has 0 unspecified atom stereocenters. The smallest absolute Gasteiger partial charge is 0.228 e. The van der Waals surface area contributed by atoms with Gasteiger partial charge in [-0.15, -0.1) is 12.4 Å². The zero-order valence-corrected chi connectivity index (χ0v) is 13.8. The monoisotopic (exact) mass is 341 g/mol. The summed E-state index contributed by atoms with van der Waals surface area (Å²) in [6.45, 7) is 0. The van der Waals surface area contributed by atoms with Gasteiger partial charge in [0.05, 0.1) is 23.0 Å². The Morgan fingerprint density at radius 2 is 2.04 bits per heavy atom. The maximum atomic E-state index is 12.1. The standard InChI is InChI=1S/C17H15N5O.ClH/c1-22-16-12(10-18)7-11(8-14(16)21-17(22)19)9-15(23)20-13-5-3-2-4-6-13;/h2-8H,9H2,1H3,(H2,19,21)(H,20,23);1H. The van der Waals surface area contributed by atoms with Gasteiger partial charge in [-0.1, -0.05) is 18.2 Å². The third-order valence-corrected chi connectivity index (χ3v) is 3.61. The third-order valence-electron chi connectivity index (χ3n) is 3.61. The third kappa shape index (κ3) is 3.31. The van der Waals surface area contributed by atoms with E-state index in [1.54, 1.807) is 23.7 Å². The minimum Gasteiger partial charge on any atom is -0.369 e. The number of hydrogen-bond donors (Lipinski definition) is 2. The number of hydrogen-bond acceptors (Lipinski definition) is 4. The van der Waals surface area contributed by atoms with Crippen molar-refractivity contribution in [1.29, 1.82) is 5.26 Å². The second-order valence-corrected chi connectivity index (χ2v) is 5.24. The first kappa shape index (κ1) is 17.3. The van der Waals surface area contributed by atoms with Crippen LogP contribution in [0.1, 0.15) is 11.1 Å². The van der Waals surface area contributed by atoms with Crippen molar-refractivity contribution in [2.24, 2.45) is 7.05 Å². The molecule has 0 aliphatic rings. The molecule has 0 bridgehead atoms. The van der Waals surface area contributed by atoms with Gasteiger partial charge in [0.15, 0.2) is 0 Å². The number of nitrogens with two attached hydrogens (primary N) is 1. The first-order valence-electron chi connectivity index (χ1n) is 7.08. The predicted molar refractivity (Wildman–Crippen MR) is 95.9 cm³/mol. The molecule has 3 N–H and O–H groups in total. The summed E-state index contributed by atoms with van der Waals surface area (Å²) < 4.78 is 1.67. The van der Waals surface area contributed by atoms with Crippen molar-refractivity contribution in [2.45, 2.75) is 6.42 Å². The Hall–Kier alpha value is -3.04. The van der Waals surface area contributed by atoms with Crippen LogP contribution < -0.4 is 11.1 Å². The molecular formula is C17H16ClN5O. The van der Waals surface area contributed by atoms with E-state index < -0.39 is 0 Å². The van der Waals surface area contributed by atoms with Crippen molar-refractivity contribution < 1.29 is 4.79 Å². The molecule has 6 nitrogen and oxygen atoms in total. The van der Waals surface area contributed by atoms with E-state index in [0.29, 0.717) is 22.5 Å². The molecule has 1 aromatic heterocycles. The minimum absolute atomic E-state index is 0. The summed E-state index contributed by atoms with van der Waals surface area (Å²) in [6.07, 6.45) is 0.163. The topological polar surface area (TPSA) is 96.7 Å². The number of carbonyl (C=O) groups excluding carboxylic acids is 1. The molecule has 3 aromatic rings. The molecule has 3 rings (SSSR count). The van der Waals surface area contributed by atoms with Crippen LogP contribution in [0.4, 0.5) is 11.6 Å². The van der Waals surface area contributed by atoms with E-state index in [1.165, 1.54) is 0 Å². The molecule has 0 aliphatic carbocycles. The molecule has 0 atom stereocenters. The van der Waals surface area contributed by atoms with Crippen LogP contribution >= 0.6 is 12.4 Å². The Morgan fingerprint density at radius 1 is 1.33 bits per heavy atom. The van der Waals surface area contributed by atoms with Crippen molar-refractivity contribution in [3.8, 4) is 6.07 Å². The molecule has 24 heavy (non-hydrogen) atoms. The number of rotatable bonds is 3. The number of nitrogen functional groups attached to an aromatic ring is 1. The fourth-order valence-corrected chi connectivity index (χ4v) is 2.53. The zero-order valence-electron chi connectivity index (χ0n) is 13.0. The fraction of sp³-hybridized carbons (Fsp3) is 0.118. The van der Waals surface area contributed by atoms with E-state index in [1.807, 2.05) is 30.3 Å². The average Bonchev–Trinajstić information content (AvgIpc) is 2.82. The molecule has 0 aliphatic heterocycles. The van der Waals surface area contributed by atoms with Crippen molar-refractivity contribution in [3.63, 3.8) is 0 Å². The summed E-state index contributed by atoms with van der Waals surface area (Å²) in [5.41, 5.74) is 9.00. The van der Waals surface area contributed by atoms with Gasteiger partial charge in [-0.25, -0.2) is 4.98 Å². The molecular weight excluding hydrogens is 326 g/mol. The van der Waals surface area contributed by atoms with Gasteiger partial charge in [0.2, 0.25) is 11.9 Å². The summed E-state index contributed by atoms with van der Waals surface area (Å²) in [6, 6.07) is 14.9. The number of halogens is 1. The van der Waals surface area contributed by atoms with Crippen LogP contribution in [-0.4, -0.2) is 15.5 Å². The van der Waals surface area contributed by atoms with E-state index >= 15 is 0 Å². The number of anilines is 2. The molecule has 0 spiro atoms. The lowest BCUT2D eigenvalue weighted by Gasteiger charge is -2.06. The Morgan fingerprint density at radius 3 is 2.71 bits per heavy atom. The van der Waals surface area contributed by atoms with Crippen LogP contribution in [0.3, 0.4) is 0 Å². The lowest BCUT2D eigenvalue weighted by atomic mass is 10.1. The first-order chi connectivity index (χ1) is 11.1. The van der Waals surface area contributed by atoms with Gasteiger partial charge in [0.25, 0.3) is 0 Å². The molecule has 122 valence electrons. The SMILES string of the molecule is Cl.Cn1c(N)nc2cc(CC(=O)Nc3ccccc3)cc(C#N)c21. The highest BCUT2D eigenvalue weighted by atomic mass is 35.5. The van der Waals surface area contributed by atoms with Crippen molar-refractivity contribution >= 4 is 41.0 Å². The quantitative estimate of drug-likeness (QED) is 0.765. The number of imidazole rings is 1. The number of para-hydroxylation sites is 1. The number of fused-ring (bicyclic) bond motifs is 1. The number of benzene rings is 2. The van der Waals surface area contributed by atoms with E-state index in [0.717, 1.165) is 11.3 Å². The molecule has 0 saturated heterocycles. The van der Waals surface area contributed by atoms with Crippen LogP contribution in [0.5, 0.6) is 0 Å². The van der Waals surface area contributed by atoms with Crippen molar-refractivity contribution in [2.75, 3.05) is 11.1 Å². The number of nitriles is 1. The number of nitrogens with zero attached hydrogens (tertiary/aromatic N) is 3. The normalized spacial score (nSPS) is 10.0. The van der Waals surface area contributed by atoms with Crippen LogP contribution in [0.2, 0.25) is 0 Å². The molecule has 0 saturated carbocycles. The molecule has 7 heteroatoms. The molecule has 0 radical (unpaired) electrons. The van der Waals surface area contributed by atoms with Crippen LogP contribution in [0, 0.1) is 11.3 Å². The van der Waals surface area contributed by atoms with Crippen molar-refractivity contribution in [3.05, 3.63) is 53.6 Å². The second-order valence-electron chi connectivity index (χ2n) is 5.24. The van der Waals surface area contributed by atoms with E-state index in [4.69, 9.17) is 5.73 Å². The summed E-state index contributed by atoms with van der Waals surface area (Å²) >= 11 is 0. The highest BCUT2D eigenvalue weighted by molar-refractivity contribution is 5.93. The fourth-order valence-electron chi connectivity index (χ4n) is 2.53. The van der Waals surface area contributed by atoms with E-state index in [2.05, 4.69) is 16.4 Å². The second kappa shape index (κ2) is 7.02. The lowest BCUT2D eigenvalue weighted by Crippen LogP contribution is -2.14. The predicted octanol–water partition coefficient (Wildman–Crippen LogP) is 2.63. The molecule has 0 fully saturated rings. The summed E-state index contributed by atoms with van der Waals surface area (Å²) in [7, 11) is 1.76. The number of amides is 1. The molecule has 2 aromatic carbocycles. The maximum absolute atomic E-state index is 12.1. The van der Waals surface area contributed by atoms with Crippen LogP contribution in [0.25, 0.3) is 11.0 Å². The average molecular weight is 342 g/mol. The van der Waals surface area contributed by atoms with Gasteiger partial charge in [-0.05, 0) is 29.8 Å².